The fourth-order valence-corrected chi connectivity index (χ4v) is 2.54. The molecular weight excluding hydrogens is 256 g/mol. The first-order chi connectivity index (χ1) is 8.20. The monoisotopic (exact) mass is 264 g/mol. The average Bonchev–Trinajstić information content (AvgIpc) is 2.73. The predicted molar refractivity (Wildman–Crippen MR) is 70.6 cm³/mol. The molecule has 0 aliphatic carbocycles. The van der Waals surface area contributed by atoms with Crippen molar-refractivity contribution in [3.63, 3.8) is 0 Å². The summed E-state index contributed by atoms with van der Waals surface area (Å²) >= 11 is 9.43. The van der Waals surface area contributed by atoms with Crippen molar-refractivity contribution in [2.24, 2.45) is 0 Å². The molecule has 0 amide bonds. The minimum absolute atomic E-state index is 0.385. The SMILES string of the molecule is COc1c2ccoc2cc2oc(=S)cc(S)c12. The largest absolute Gasteiger partial charge is 0.495 e. The second-order valence-corrected chi connectivity index (χ2v) is 4.45. The molecule has 0 fully saturated rings. The van der Waals surface area contributed by atoms with Gasteiger partial charge in [-0.05, 0) is 18.3 Å². The molecule has 2 heterocycles. The number of ether oxygens (including phenoxy) is 1. The van der Waals surface area contributed by atoms with E-state index in [0.29, 0.717) is 21.6 Å². The van der Waals surface area contributed by atoms with Gasteiger partial charge in [-0.2, -0.15) is 0 Å². The number of furan rings is 1. The Bertz CT molecular complexity index is 770. The lowest BCUT2D eigenvalue weighted by atomic mass is 10.1. The van der Waals surface area contributed by atoms with Crippen LogP contribution >= 0.6 is 24.8 Å². The summed E-state index contributed by atoms with van der Waals surface area (Å²) < 4.78 is 16.6. The Morgan fingerprint density at radius 2 is 2.12 bits per heavy atom. The van der Waals surface area contributed by atoms with Crippen LogP contribution in [0.15, 0.2) is 38.2 Å². The first kappa shape index (κ1) is 10.7. The molecule has 2 aromatic heterocycles. The number of hydrogen-bond donors (Lipinski definition) is 1. The Kier molecular flexibility index (Phi) is 2.38. The molecule has 0 aliphatic heterocycles. The van der Waals surface area contributed by atoms with E-state index >= 15 is 0 Å². The van der Waals surface area contributed by atoms with E-state index in [4.69, 9.17) is 25.8 Å². The minimum Gasteiger partial charge on any atom is -0.495 e. The Morgan fingerprint density at radius 3 is 2.88 bits per heavy atom. The highest BCUT2D eigenvalue weighted by molar-refractivity contribution is 7.80. The zero-order valence-corrected chi connectivity index (χ0v) is 10.6. The molecule has 3 aromatic rings. The van der Waals surface area contributed by atoms with Crippen molar-refractivity contribution in [2.75, 3.05) is 7.11 Å². The first-order valence-electron chi connectivity index (χ1n) is 4.91. The second-order valence-electron chi connectivity index (χ2n) is 3.57. The Hall–Kier alpha value is -1.46. The summed E-state index contributed by atoms with van der Waals surface area (Å²) in [5, 5.41) is 1.70. The summed E-state index contributed by atoms with van der Waals surface area (Å²) in [7, 11) is 1.61. The van der Waals surface area contributed by atoms with Gasteiger partial charge in [0.15, 0.2) is 4.71 Å². The highest BCUT2D eigenvalue weighted by atomic mass is 32.1. The van der Waals surface area contributed by atoms with Gasteiger partial charge in [-0.3, -0.25) is 0 Å². The topological polar surface area (TPSA) is 35.5 Å². The number of hydrogen-bond acceptors (Lipinski definition) is 5. The summed E-state index contributed by atoms with van der Waals surface area (Å²) in [6, 6.07) is 5.33. The molecule has 0 N–H and O–H groups in total. The molecule has 0 saturated heterocycles. The van der Waals surface area contributed by atoms with E-state index in [9.17, 15) is 0 Å². The lowest BCUT2D eigenvalue weighted by Gasteiger charge is -2.07. The van der Waals surface area contributed by atoms with Gasteiger partial charge >= 0.3 is 0 Å². The maximum Gasteiger partial charge on any atom is 0.191 e. The van der Waals surface area contributed by atoms with E-state index in [-0.39, 0.29) is 0 Å². The highest BCUT2D eigenvalue weighted by Crippen LogP contribution is 2.38. The second kappa shape index (κ2) is 3.78. The maximum absolute atomic E-state index is 5.49. The molecule has 17 heavy (non-hydrogen) atoms. The average molecular weight is 264 g/mol. The van der Waals surface area contributed by atoms with E-state index in [1.165, 1.54) is 0 Å². The number of methoxy groups -OCH3 is 1. The molecule has 3 nitrogen and oxygen atoms in total. The molecule has 0 unspecified atom stereocenters. The van der Waals surface area contributed by atoms with Gasteiger partial charge in [0, 0.05) is 17.0 Å². The number of rotatable bonds is 1. The van der Waals surface area contributed by atoms with Gasteiger partial charge in [-0.15, -0.1) is 12.6 Å². The quantitative estimate of drug-likeness (QED) is 0.527. The first-order valence-corrected chi connectivity index (χ1v) is 5.77. The van der Waals surface area contributed by atoms with Crippen molar-refractivity contribution >= 4 is 46.8 Å². The van der Waals surface area contributed by atoms with Crippen LogP contribution in [-0.4, -0.2) is 7.11 Å². The molecule has 0 aliphatic rings. The van der Waals surface area contributed by atoms with Crippen LogP contribution < -0.4 is 4.74 Å². The zero-order valence-electron chi connectivity index (χ0n) is 8.89. The summed E-state index contributed by atoms with van der Waals surface area (Å²) in [5.41, 5.74) is 1.31. The highest BCUT2D eigenvalue weighted by Gasteiger charge is 2.14. The van der Waals surface area contributed by atoms with E-state index < -0.39 is 0 Å². The van der Waals surface area contributed by atoms with E-state index in [2.05, 4.69) is 12.6 Å². The van der Waals surface area contributed by atoms with Crippen molar-refractivity contribution < 1.29 is 13.6 Å². The van der Waals surface area contributed by atoms with Gasteiger partial charge in [0.25, 0.3) is 0 Å². The molecule has 0 radical (unpaired) electrons. The lowest BCUT2D eigenvalue weighted by Crippen LogP contribution is -1.87. The number of benzene rings is 1. The maximum atomic E-state index is 5.49. The van der Waals surface area contributed by atoms with Crippen LogP contribution in [0.2, 0.25) is 0 Å². The summed E-state index contributed by atoms with van der Waals surface area (Å²) in [5.74, 6) is 0.690. The number of thiol groups is 1. The third-order valence-electron chi connectivity index (χ3n) is 2.60. The van der Waals surface area contributed by atoms with Crippen molar-refractivity contribution in [2.45, 2.75) is 4.90 Å². The van der Waals surface area contributed by atoms with Crippen LogP contribution in [0, 0.1) is 4.71 Å². The van der Waals surface area contributed by atoms with Crippen LogP contribution in [0.1, 0.15) is 0 Å². The number of fused-ring (bicyclic) bond motifs is 2. The molecule has 0 spiro atoms. The fraction of sp³-hybridized carbons (Fsp3) is 0.0833. The molecule has 1 aromatic carbocycles. The van der Waals surface area contributed by atoms with Gasteiger partial charge in [0.05, 0.1) is 24.1 Å². The van der Waals surface area contributed by atoms with Crippen molar-refractivity contribution in [1.29, 1.82) is 0 Å². The summed E-state index contributed by atoms with van der Waals surface area (Å²) in [4.78, 5) is 0.733. The van der Waals surface area contributed by atoms with E-state index in [1.54, 1.807) is 25.5 Å². The van der Waals surface area contributed by atoms with Crippen molar-refractivity contribution in [3.05, 3.63) is 29.2 Å². The van der Waals surface area contributed by atoms with Gasteiger partial charge in [0.1, 0.15) is 16.9 Å². The molecule has 0 saturated carbocycles. The van der Waals surface area contributed by atoms with Crippen LogP contribution in [0.4, 0.5) is 0 Å². The van der Waals surface area contributed by atoms with Crippen molar-refractivity contribution in [1.82, 2.24) is 0 Å². The van der Waals surface area contributed by atoms with Gasteiger partial charge in [-0.1, -0.05) is 0 Å². The van der Waals surface area contributed by atoms with Gasteiger partial charge in [-0.25, -0.2) is 0 Å². The van der Waals surface area contributed by atoms with Crippen molar-refractivity contribution in [3.8, 4) is 5.75 Å². The molecule has 86 valence electrons. The molecular formula is C12H8O3S2. The fourth-order valence-electron chi connectivity index (χ4n) is 1.91. The Morgan fingerprint density at radius 1 is 1.29 bits per heavy atom. The molecule has 0 bridgehead atoms. The normalized spacial score (nSPS) is 11.2. The third kappa shape index (κ3) is 1.54. The van der Waals surface area contributed by atoms with Crippen LogP contribution in [0.3, 0.4) is 0 Å². The minimum atomic E-state index is 0.385. The standard InChI is InChI=1S/C12H8O3S2/c1-13-12-6-2-3-14-7(6)4-8-11(12)9(16)5-10(17)15-8/h2-5,16H,1H3. The zero-order chi connectivity index (χ0) is 12.0. The molecule has 3 rings (SSSR count). The van der Waals surface area contributed by atoms with Crippen LogP contribution in [-0.2, 0) is 0 Å². The van der Waals surface area contributed by atoms with Crippen LogP contribution in [0.25, 0.3) is 21.9 Å². The predicted octanol–water partition coefficient (Wildman–Crippen LogP) is 4.21. The van der Waals surface area contributed by atoms with Crippen LogP contribution in [0.5, 0.6) is 5.75 Å². The lowest BCUT2D eigenvalue weighted by molar-refractivity contribution is 0.423. The molecule has 0 atom stereocenters. The smallest absolute Gasteiger partial charge is 0.191 e. The van der Waals surface area contributed by atoms with Gasteiger partial charge < -0.3 is 13.6 Å². The summed E-state index contributed by atoms with van der Waals surface area (Å²) in [6.07, 6.45) is 1.61. The van der Waals surface area contributed by atoms with Gasteiger partial charge in [0.2, 0.25) is 0 Å². The Labute approximate surface area is 107 Å². The molecule has 5 heteroatoms. The van der Waals surface area contributed by atoms with E-state index in [0.717, 1.165) is 15.7 Å². The van der Waals surface area contributed by atoms with E-state index in [1.807, 2.05) is 6.07 Å². The Balaban J connectivity index is 2.63. The third-order valence-corrected chi connectivity index (χ3v) is 3.15. The summed E-state index contributed by atoms with van der Waals surface area (Å²) in [6.45, 7) is 0.